The fourth-order valence-electron chi connectivity index (χ4n) is 6.78. The molecular formula is C29H34O10. The second-order valence-corrected chi connectivity index (χ2v) is 11.2. The molecule has 10 heteroatoms. The summed E-state index contributed by atoms with van der Waals surface area (Å²) in [5.74, 6) is -2.15. The number of hydrogen-bond donors (Lipinski definition) is 0. The lowest BCUT2D eigenvalue weighted by Gasteiger charge is -2.59. The molecule has 7 unspecified atom stereocenters. The monoisotopic (exact) mass is 542 g/mol. The Kier molecular flexibility index (Phi) is 7.05. The van der Waals surface area contributed by atoms with Gasteiger partial charge in [-0.05, 0) is 19.4 Å². The van der Waals surface area contributed by atoms with Crippen molar-refractivity contribution in [1.82, 2.24) is 0 Å². The summed E-state index contributed by atoms with van der Waals surface area (Å²) in [6.07, 6.45) is 7.59. The van der Waals surface area contributed by atoms with E-state index in [1.807, 2.05) is 19.9 Å². The van der Waals surface area contributed by atoms with Crippen molar-refractivity contribution >= 4 is 23.9 Å². The zero-order valence-corrected chi connectivity index (χ0v) is 22.6. The van der Waals surface area contributed by atoms with Crippen molar-refractivity contribution in [3.8, 4) is 0 Å². The lowest BCUT2D eigenvalue weighted by atomic mass is 9.51. The van der Waals surface area contributed by atoms with Crippen LogP contribution in [0.4, 0.5) is 0 Å². The molecule has 2 aliphatic carbocycles. The summed E-state index contributed by atoms with van der Waals surface area (Å²) >= 11 is 0. The number of rotatable bonds is 1. The number of cyclic esters (lactones) is 2. The van der Waals surface area contributed by atoms with Crippen LogP contribution >= 0.6 is 0 Å². The number of ether oxygens (including phenoxy) is 6. The molecule has 0 aromatic carbocycles. The summed E-state index contributed by atoms with van der Waals surface area (Å²) in [6.45, 7) is 7.41. The van der Waals surface area contributed by atoms with Gasteiger partial charge in [-0.3, -0.25) is 4.79 Å². The highest BCUT2D eigenvalue weighted by atomic mass is 16.6. The van der Waals surface area contributed by atoms with Crippen molar-refractivity contribution in [2.75, 3.05) is 19.8 Å². The minimum atomic E-state index is -0.928. The van der Waals surface area contributed by atoms with E-state index in [4.69, 9.17) is 28.4 Å². The Labute approximate surface area is 226 Å². The second kappa shape index (κ2) is 10.1. The molecule has 0 N–H and O–H groups in total. The number of carbonyl (C=O) groups is 4. The first-order valence-corrected chi connectivity index (χ1v) is 13.2. The fourth-order valence-corrected chi connectivity index (χ4v) is 6.78. The molecule has 3 heterocycles. The summed E-state index contributed by atoms with van der Waals surface area (Å²) in [4.78, 5) is 49.8. The fraction of sp³-hybridized carbons (Fsp3) is 0.586. The predicted molar refractivity (Wildman–Crippen MR) is 135 cm³/mol. The van der Waals surface area contributed by atoms with E-state index in [-0.39, 0.29) is 19.3 Å². The summed E-state index contributed by atoms with van der Waals surface area (Å²) in [6, 6.07) is 0. The highest BCUT2D eigenvalue weighted by molar-refractivity contribution is 5.85. The van der Waals surface area contributed by atoms with Gasteiger partial charge in [0.05, 0.1) is 36.3 Å². The highest BCUT2D eigenvalue weighted by Crippen LogP contribution is 2.72. The van der Waals surface area contributed by atoms with Crippen LogP contribution in [0.5, 0.6) is 0 Å². The zero-order valence-electron chi connectivity index (χ0n) is 22.6. The first-order chi connectivity index (χ1) is 18.5. The van der Waals surface area contributed by atoms with Gasteiger partial charge in [0.2, 0.25) is 0 Å². The number of allylic oxidation sites excluding steroid dienone is 2. The third-order valence-electron chi connectivity index (χ3n) is 9.01. The molecular weight excluding hydrogens is 508 g/mol. The zero-order chi connectivity index (χ0) is 28.0. The summed E-state index contributed by atoms with van der Waals surface area (Å²) in [5.41, 5.74) is -0.971. The highest BCUT2D eigenvalue weighted by Gasteiger charge is 2.83. The molecule has 0 aromatic rings. The Balaban J connectivity index is 1.57. The van der Waals surface area contributed by atoms with E-state index in [2.05, 4.69) is 0 Å². The van der Waals surface area contributed by atoms with E-state index in [0.29, 0.717) is 31.4 Å². The van der Waals surface area contributed by atoms with Gasteiger partial charge >= 0.3 is 23.9 Å². The van der Waals surface area contributed by atoms with E-state index in [0.717, 1.165) is 5.57 Å². The van der Waals surface area contributed by atoms with Crippen LogP contribution < -0.4 is 0 Å². The minimum absolute atomic E-state index is 0.0717. The molecule has 5 rings (SSSR count). The van der Waals surface area contributed by atoms with Gasteiger partial charge in [-0.15, -0.1) is 0 Å². The van der Waals surface area contributed by atoms with Crippen molar-refractivity contribution in [1.29, 1.82) is 0 Å². The van der Waals surface area contributed by atoms with Gasteiger partial charge < -0.3 is 28.4 Å². The number of epoxide rings is 1. The minimum Gasteiger partial charge on any atom is -0.462 e. The molecule has 3 aliphatic heterocycles. The number of esters is 4. The van der Waals surface area contributed by atoms with Crippen LogP contribution in [-0.4, -0.2) is 73.7 Å². The summed E-state index contributed by atoms with van der Waals surface area (Å²) in [5, 5.41) is 0. The van der Waals surface area contributed by atoms with Gasteiger partial charge in [-0.2, -0.15) is 0 Å². The molecule has 210 valence electrons. The van der Waals surface area contributed by atoms with Crippen LogP contribution in [0.3, 0.4) is 0 Å². The van der Waals surface area contributed by atoms with Crippen LogP contribution in [0.2, 0.25) is 0 Å². The second-order valence-electron chi connectivity index (χ2n) is 11.2. The van der Waals surface area contributed by atoms with Gasteiger partial charge in [-0.1, -0.05) is 30.7 Å². The normalized spacial score (nSPS) is 43.2. The Morgan fingerprint density at radius 3 is 2.41 bits per heavy atom. The summed E-state index contributed by atoms with van der Waals surface area (Å²) in [7, 11) is 0. The van der Waals surface area contributed by atoms with E-state index in [1.54, 1.807) is 6.92 Å². The maximum Gasteiger partial charge on any atom is 0.331 e. The van der Waals surface area contributed by atoms with Crippen LogP contribution in [0.15, 0.2) is 47.6 Å². The van der Waals surface area contributed by atoms with Crippen molar-refractivity contribution in [2.24, 2.45) is 10.8 Å². The summed E-state index contributed by atoms with van der Waals surface area (Å²) < 4.78 is 35.4. The third kappa shape index (κ3) is 4.63. The molecule has 7 atom stereocenters. The molecule has 1 saturated carbocycles. The smallest absolute Gasteiger partial charge is 0.331 e. The van der Waals surface area contributed by atoms with E-state index >= 15 is 0 Å². The van der Waals surface area contributed by atoms with Gasteiger partial charge in [0, 0.05) is 44.4 Å². The molecule has 0 aromatic heterocycles. The van der Waals surface area contributed by atoms with E-state index < -0.39 is 58.6 Å². The molecule has 2 spiro atoms. The molecule has 5 aliphatic rings. The number of carbonyl (C=O) groups excluding carboxylic acids is 4. The maximum absolute atomic E-state index is 13.0. The molecule has 0 amide bonds. The number of hydrogen-bond acceptors (Lipinski definition) is 10. The van der Waals surface area contributed by atoms with Crippen LogP contribution in [0, 0.1) is 10.8 Å². The van der Waals surface area contributed by atoms with Crippen molar-refractivity contribution in [3.05, 3.63) is 47.6 Å². The van der Waals surface area contributed by atoms with Crippen LogP contribution in [-0.2, 0) is 47.6 Å². The first-order valence-electron chi connectivity index (χ1n) is 13.2. The van der Waals surface area contributed by atoms with E-state index in [1.165, 1.54) is 37.3 Å². The SMILES string of the molecule is CC(=O)OC1CC23COC(=O)/C=C(\C)CCOC(=O)/C=C/C=C\C(=O)OC4CC(OC2C=C1C)C1(CO1)C43C. The topological polar surface area (TPSA) is 127 Å². The molecule has 2 bridgehead atoms. The Morgan fingerprint density at radius 1 is 1.00 bits per heavy atom. The average molecular weight is 543 g/mol. The molecule has 3 fully saturated rings. The van der Waals surface area contributed by atoms with Gasteiger partial charge in [0.25, 0.3) is 0 Å². The average Bonchev–Trinajstić information content (AvgIpc) is 3.64. The third-order valence-corrected chi connectivity index (χ3v) is 9.01. The van der Waals surface area contributed by atoms with Gasteiger partial charge in [0.15, 0.2) is 0 Å². The maximum atomic E-state index is 13.0. The lowest BCUT2D eigenvalue weighted by molar-refractivity contribution is -0.239. The van der Waals surface area contributed by atoms with E-state index in [9.17, 15) is 19.2 Å². The van der Waals surface area contributed by atoms with Crippen molar-refractivity contribution in [3.63, 3.8) is 0 Å². The first kappa shape index (κ1) is 27.3. The molecule has 0 radical (unpaired) electrons. The largest absolute Gasteiger partial charge is 0.462 e. The Bertz CT molecular complexity index is 1190. The Morgan fingerprint density at radius 2 is 1.72 bits per heavy atom. The lowest BCUT2D eigenvalue weighted by Crippen LogP contribution is -2.68. The van der Waals surface area contributed by atoms with Crippen molar-refractivity contribution in [2.45, 2.75) is 77.0 Å². The quantitative estimate of drug-likeness (QED) is 0.211. The molecule has 39 heavy (non-hydrogen) atoms. The molecule has 2 saturated heterocycles. The van der Waals surface area contributed by atoms with Crippen LogP contribution in [0.1, 0.15) is 47.0 Å². The van der Waals surface area contributed by atoms with Gasteiger partial charge in [-0.25, -0.2) is 14.4 Å². The van der Waals surface area contributed by atoms with Crippen molar-refractivity contribution < 1.29 is 47.6 Å². The predicted octanol–water partition coefficient (Wildman–Crippen LogP) is 2.66. The van der Waals surface area contributed by atoms with Gasteiger partial charge in [0.1, 0.15) is 24.4 Å². The Hall–Kier alpha value is -3.24. The molecule has 10 nitrogen and oxygen atoms in total. The standard InChI is InChI=1S/C29H34O10/c1-17-9-10-34-24(31)7-5-6-8-25(32)39-21-13-23-29(16-36-29)27(21,4)28(15-35-26(33)11-17)14-20(37-19(3)30)18(2)12-22(28)38-23/h5-8,11-12,20-23H,9-10,13-16H2,1-4H3/b7-5+,8-6-,17-11+. The van der Waals surface area contributed by atoms with Crippen LogP contribution in [0.25, 0.3) is 0 Å².